The summed E-state index contributed by atoms with van der Waals surface area (Å²) in [6, 6.07) is 0. The molecule has 0 aromatic carbocycles. The maximum atomic E-state index is 5.98. The van der Waals surface area contributed by atoms with Crippen molar-refractivity contribution in [2.24, 2.45) is 0 Å². The van der Waals surface area contributed by atoms with Crippen molar-refractivity contribution in [3.05, 3.63) is 5.92 Å². The molecule has 1 spiro atoms. The molecule has 2 heterocycles. The van der Waals surface area contributed by atoms with E-state index in [0.717, 1.165) is 6.61 Å². The molecular weight excluding hydrogens is 424 g/mol. The zero-order chi connectivity index (χ0) is 9.31. The van der Waals surface area contributed by atoms with E-state index in [0.29, 0.717) is 0 Å². The van der Waals surface area contributed by atoms with Crippen molar-refractivity contribution in [3.63, 3.8) is 0 Å². The van der Waals surface area contributed by atoms with Gasteiger partial charge < -0.3 is 15.6 Å². The van der Waals surface area contributed by atoms with Crippen molar-refractivity contribution >= 4 is 0 Å². The minimum Gasteiger partial charge on any atom is -0.380 e. The first-order chi connectivity index (χ1) is 6.20. The molecule has 0 atom stereocenters. The summed E-state index contributed by atoms with van der Waals surface area (Å²) in [6.07, 6.45) is 4.83. The molecule has 0 amide bonds. The fourth-order valence-electron chi connectivity index (χ4n) is 2.48. The summed E-state index contributed by atoms with van der Waals surface area (Å²) in [6.45, 7) is 5.64. The second kappa shape index (κ2) is 3.97. The standard InChI is InChI=1S/C11H20NO.Lr/c1-10-3-8-13-11(9-10)4-6-12(2)7-5-11;/h3-9H2,1-2H3;/q-1;. The molecule has 1 radical (unpaired) electrons. The predicted molar refractivity (Wildman–Crippen MR) is 53.6 cm³/mol. The average Bonchev–Trinajstić information content (AvgIpc) is 2.11. The molecular formula is C11H20LrNO-. The first kappa shape index (κ1) is 11.0. The molecule has 0 aliphatic carbocycles. The van der Waals surface area contributed by atoms with Gasteiger partial charge in [0, 0.05) is 25.3 Å². The smallest absolute Gasteiger partial charge is 0.0440 e. The molecule has 0 bridgehead atoms. The number of likely N-dealkylation sites (tertiary alicyclic amines) is 1. The van der Waals surface area contributed by atoms with E-state index >= 15 is 0 Å². The van der Waals surface area contributed by atoms with Crippen LogP contribution in [0.15, 0.2) is 0 Å². The third-order valence-corrected chi connectivity index (χ3v) is 3.46. The number of rotatable bonds is 0. The third kappa shape index (κ3) is 2.05. The molecule has 91 valence electrons. The molecule has 2 fully saturated rings. The number of piperidine rings is 1. The Morgan fingerprint density at radius 2 is 1.93 bits per heavy atom. The van der Waals surface area contributed by atoms with Crippen LogP contribution in [0.1, 0.15) is 32.6 Å². The summed E-state index contributed by atoms with van der Waals surface area (Å²) in [5.74, 6) is 1.64. The van der Waals surface area contributed by atoms with E-state index in [1.54, 1.807) is 5.92 Å². The van der Waals surface area contributed by atoms with E-state index < -0.39 is 0 Å². The van der Waals surface area contributed by atoms with Crippen LogP contribution in [0, 0.1) is 5.92 Å². The van der Waals surface area contributed by atoms with Gasteiger partial charge in [-0.1, -0.05) is 0 Å². The Bertz CT molecular complexity index is 178. The van der Waals surface area contributed by atoms with Crippen LogP contribution in [0.4, 0.5) is 0 Å². The maximum Gasteiger partial charge on any atom is 0.0440 e. The normalized spacial score (nSPS) is 28.7. The van der Waals surface area contributed by atoms with Crippen LogP contribution in [-0.2, 0) is 4.74 Å². The Hall–Kier alpha value is -1.08. The average molecular weight is 444 g/mol. The van der Waals surface area contributed by atoms with Gasteiger partial charge in [0.1, 0.15) is 0 Å². The fourth-order valence-corrected chi connectivity index (χ4v) is 2.48. The van der Waals surface area contributed by atoms with E-state index in [1.165, 1.54) is 38.8 Å². The summed E-state index contributed by atoms with van der Waals surface area (Å²) in [4.78, 5) is 2.40. The van der Waals surface area contributed by atoms with Gasteiger partial charge >= 0.3 is 0 Å². The number of hydrogen-bond acceptors (Lipinski definition) is 2. The Kier molecular flexibility index (Phi) is 3.12. The van der Waals surface area contributed by atoms with Crippen LogP contribution in [0.2, 0.25) is 0 Å². The topological polar surface area (TPSA) is 12.5 Å². The van der Waals surface area contributed by atoms with Crippen LogP contribution in [0.3, 0.4) is 0 Å². The molecule has 0 aromatic rings. The number of ether oxygens (including phenoxy) is 1. The molecule has 0 N–H and O–H groups in total. The zero-order valence-electron chi connectivity index (χ0n) is 9.06. The second-order valence-corrected chi connectivity index (χ2v) is 4.72. The van der Waals surface area contributed by atoms with E-state index in [-0.39, 0.29) is 5.60 Å². The van der Waals surface area contributed by atoms with Gasteiger partial charge in [0.2, 0.25) is 0 Å². The number of nitrogens with zero attached hydrogens (tertiary/aromatic N) is 1. The Morgan fingerprint density at radius 1 is 1.29 bits per heavy atom. The Labute approximate surface area is 81.3 Å². The van der Waals surface area contributed by atoms with E-state index in [1.807, 2.05) is 0 Å². The molecule has 3 heteroatoms. The minimum atomic E-state index is 0. The van der Waals surface area contributed by atoms with E-state index in [2.05, 4.69) is 18.9 Å². The minimum absolute atomic E-state index is 0. The molecule has 0 saturated carbocycles. The maximum absolute atomic E-state index is 5.98. The van der Waals surface area contributed by atoms with Crippen molar-refractivity contribution < 1.29 is 4.74 Å². The van der Waals surface area contributed by atoms with Crippen LogP contribution in [-0.4, -0.2) is 37.2 Å². The molecule has 2 aliphatic rings. The van der Waals surface area contributed by atoms with Gasteiger partial charge in [0.25, 0.3) is 0 Å². The Morgan fingerprint density at radius 3 is 2.50 bits per heavy atom. The summed E-state index contributed by atoms with van der Waals surface area (Å²) in [7, 11) is 2.20. The van der Waals surface area contributed by atoms with E-state index in [9.17, 15) is 0 Å². The van der Waals surface area contributed by atoms with Gasteiger partial charge in [-0.2, -0.15) is 13.3 Å². The summed E-state index contributed by atoms with van der Waals surface area (Å²) < 4.78 is 5.98. The van der Waals surface area contributed by atoms with Crippen LogP contribution < -0.4 is 0 Å². The van der Waals surface area contributed by atoms with Crippen molar-refractivity contribution in [1.29, 1.82) is 0 Å². The molecule has 14 heavy (non-hydrogen) atoms. The summed E-state index contributed by atoms with van der Waals surface area (Å²) in [5.41, 5.74) is 0.231. The first-order valence-corrected chi connectivity index (χ1v) is 5.34. The molecule has 0 aromatic heterocycles. The van der Waals surface area contributed by atoms with Crippen LogP contribution in [0.5, 0.6) is 0 Å². The quantitative estimate of drug-likeness (QED) is 0.529. The van der Waals surface area contributed by atoms with Gasteiger partial charge in [-0.25, -0.2) is 0 Å². The fraction of sp³-hybridized carbons (Fsp3) is 0.909. The van der Waals surface area contributed by atoms with Crippen molar-refractivity contribution in [1.82, 2.24) is 4.90 Å². The van der Waals surface area contributed by atoms with Crippen molar-refractivity contribution in [2.45, 2.75) is 38.2 Å². The zero-order valence-corrected chi connectivity index (χ0v) is 11.2. The van der Waals surface area contributed by atoms with Gasteiger partial charge in [-0.3, -0.25) is 0 Å². The third-order valence-electron chi connectivity index (χ3n) is 3.46. The van der Waals surface area contributed by atoms with Gasteiger partial charge in [-0.15, -0.1) is 6.42 Å². The largest absolute Gasteiger partial charge is 0.380 e. The summed E-state index contributed by atoms with van der Waals surface area (Å²) >= 11 is 0. The molecule has 0 unspecified atom stereocenters. The van der Waals surface area contributed by atoms with Gasteiger partial charge in [0.15, 0.2) is 0 Å². The molecule has 2 nitrogen and oxygen atoms in total. The Balaban J connectivity index is 0.000000980. The van der Waals surface area contributed by atoms with Gasteiger partial charge in [-0.05, 0) is 19.9 Å². The summed E-state index contributed by atoms with van der Waals surface area (Å²) in [5, 5.41) is 0. The van der Waals surface area contributed by atoms with Crippen LogP contribution >= 0.6 is 0 Å². The monoisotopic (exact) mass is 444 g/mol. The molecule has 2 aliphatic heterocycles. The van der Waals surface area contributed by atoms with Crippen molar-refractivity contribution in [2.75, 3.05) is 26.7 Å². The second-order valence-electron chi connectivity index (χ2n) is 4.72. The SMILES string of the molecule is C[C-]1CCOC2(CCN(C)CC2)C1.[Lr]. The molecule has 2 rings (SSSR count). The van der Waals surface area contributed by atoms with E-state index in [4.69, 9.17) is 4.74 Å². The van der Waals surface area contributed by atoms with Gasteiger partial charge in [0.05, 0.1) is 0 Å². The predicted octanol–water partition coefficient (Wildman–Crippen LogP) is 1.86. The van der Waals surface area contributed by atoms with Crippen molar-refractivity contribution in [3.8, 4) is 0 Å². The molecule has 2 saturated heterocycles. The first-order valence-electron chi connectivity index (χ1n) is 5.34. The van der Waals surface area contributed by atoms with Crippen LogP contribution in [0.25, 0.3) is 0 Å². The number of hydrogen-bond donors (Lipinski definition) is 0.